The molecule has 0 atom stereocenters. The van der Waals surface area contributed by atoms with Gasteiger partial charge in [-0.1, -0.05) is 22.5 Å². The number of nitriles is 1. The molecule has 1 rings (SSSR count). The minimum absolute atomic E-state index is 0.0987. The zero-order chi connectivity index (χ0) is 10.7. The van der Waals surface area contributed by atoms with Crippen LogP contribution in [0.3, 0.4) is 0 Å². The quantitative estimate of drug-likeness (QED) is 0.827. The summed E-state index contributed by atoms with van der Waals surface area (Å²) < 4.78 is 1.77. The predicted molar refractivity (Wildman–Crippen MR) is 54.1 cm³/mol. The number of hydrogen-bond donors (Lipinski definition) is 1. The molecular formula is C8H6BrN3O2. The molecule has 6 heteroatoms. The first-order valence-electron chi connectivity index (χ1n) is 3.61. The highest BCUT2D eigenvalue weighted by Crippen LogP contribution is 2.02. The second kappa shape index (κ2) is 4.07. The molecule has 0 radical (unpaired) electrons. The lowest BCUT2D eigenvalue weighted by atomic mass is 10.4. The van der Waals surface area contributed by atoms with Gasteiger partial charge in [-0.05, 0) is 0 Å². The van der Waals surface area contributed by atoms with E-state index in [9.17, 15) is 9.59 Å². The van der Waals surface area contributed by atoms with Crippen LogP contribution in [0, 0.1) is 11.3 Å². The fourth-order valence-electron chi connectivity index (χ4n) is 0.891. The first kappa shape index (κ1) is 10.5. The third-order valence-electron chi connectivity index (χ3n) is 1.47. The normalized spacial score (nSPS) is 9.43. The number of halogens is 1. The Balaban J connectivity index is 3.34. The van der Waals surface area contributed by atoms with Gasteiger partial charge in [0.05, 0.1) is 6.54 Å². The minimum atomic E-state index is -0.672. The number of nitrogens with zero attached hydrogens (tertiary/aromatic N) is 2. The molecule has 14 heavy (non-hydrogen) atoms. The highest BCUT2D eigenvalue weighted by molar-refractivity contribution is 9.11. The molecule has 0 aromatic carbocycles. The Morgan fingerprint density at radius 1 is 1.71 bits per heavy atom. The molecule has 0 aliphatic carbocycles. The second-order valence-electron chi connectivity index (χ2n) is 2.56. The van der Waals surface area contributed by atoms with Crippen LogP contribution in [0.4, 0.5) is 0 Å². The van der Waals surface area contributed by atoms with Gasteiger partial charge in [0.25, 0.3) is 5.56 Å². The molecule has 0 aliphatic rings. The number of aromatic amines is 1. The van der Waals surface area contributed by atoms with E-state index >= 15 is 0 Å². The van der Waals surface area contributed by atoms with Crippen molar-refractivity contribution < 1.29 is 0 Å². The number of allylic oxidation sites excluding steroid dienone is 1. The molecule has 0 fully saturated rings. The number of rotatable bonds is 2. The lowest BCUT2D eigenvalue weighted by Crippen LogP contribution is -2.31. The topological polar surface area (TPSA) is 78.7 Å². The van der Waals surface area contributed by atoms with Gasteiger partial charge in [0.1, 0.15) is 11.6 Å². The van der Waals surface area contributed by atoms with Crippen LogP contribution >= 0.6 is 15.9 Å². The Morgan fingerprint density at radius 3 is 2.86 bits per heavy atom. The summed E-state index contributed by atoms with van der Waals surface area (Å²) in [6.07, 6.45) is 1.20. The Bertz CT molecular complexity index is 521. The summed E-state index contributed by atoms with van der Waals surface area (Å²) >= 11 is 3.08. The molecule has 0 bridgehead atoms. The summed E-state index contributed by atoms with van der Waals surface area (Å²) in [4.78, 5) is 24.2. The summed E-state index contributed by atoms with van der Waals surface area (Å²) in [7, 11) is 0. The maximum absolute atomic E-state index is 11.2. The van der Waals surface area contributed by atoms with Crippen molar-refractivity contribution in [3.8, 4) is 6.07 Å². The van der Waals surface area contributed by atoms with Crippen molar-refractivity contribution in [1.82, 2.24) is 9.55 Å². The van der Waals surface area contributed by atoms with E-state index in [0.717, 1.165) is 0 Å². The average Bonchev–Trinajstić information content (AvgIpc) is 2.09. The van der Waals surface area contributed by atoms with Crippen LogP contribution < -0.4 is 11.2 Å². The van der Waals surface area contributed by atoms with Crippen molar-refractivity contribution in [2.75, 3.05) is 0 Å². The molecule has 0 saturated heterocycles. The fraction of sp³-hybridized carbons (Fsp3) is 0.125. The van der Waals surface area contributed by atoms with Gasteiger partial charge in [0.15, 0.2) is 0 Å². The predicted octanol–water partition coefficient (Wildman–Crippen LogP) is 0.317. The summed E-state index contributed by atoms with van der Waals surface area (Å²) in [5.41, 5.74) is -1.33. The van der Waals surface area contributed by atoms with E-state index in [-0.39, 0.29) is 12.1 Å². The van der Waals surface area contributed by atoms with Gasteiger partial charge >= 0.3 is 5.69 Å². The third kappa shape index (κ3) is 2.20. The van der Waals surface area contributed by atoms with E-state index in [1.54, 1.807) is 6.07 Å². The van der Waals surface area contributed by atoms with Crippen molar-refractivity contribution in [2.45, 2.75) is 6.54 Å². The first-order chi connectivity index (χ1) is 6.54. The monoisotopic (exact) mass is 255 g/mol. The molecule has 1 aromatic heterocycles. The van der Waals surface area contributed by atoms with Gasteiger partial charge in [-0.3, -0.25) is 14.3 Å². The standard InChI is InChI=1S/C8H6BrN3O2/c1-5(9)3-12-4-6(2-10)7(13)11-8(12)14/h4H,1,3H2,(H,11,13,14). The van der Waals surface area contributed by atoms with Gasteiger partial charge < -0.3 is 0 Å². The van der Waals surface area contributed by atoms with Gasteiger partial charge in [0, 0.05) is 10.7 Å². The van der Waals surface area contributed by atoms with Crippen LogP contribution in [0.15, 0.2) is 26.8 Å². The maximum atomic E-state index is 11.2. The molecule has 0 unspecified atom stereocenters. The van der Waals surface area contributed by atoms with Crippen molar-refractivity contribution in [3.05, 3.63) is 43.7 Å². The lowest BCUT2D eigenvalue weighted by Gasteiger charge is -2.02. The van der Waals surface area contributed by atoms with Crippen LogP contribution in [-0.4, -0.2) is 9.55 Å². The van der Waals surface area contributed by atoms with Crippen LogP contribution in [0.25, 0.3) is 0 Å². The van der Waals surface area contributed by atoms with Crippen molar-refractivity contribution >= 4 is 15.9 Å². The largest absolute Gasteiger partial charge is 0.328 e. The van der Waals surface area contributed by atoms with E-state index in [2.05, 4.69) is 22.5 Å². The smallest absolute Gasteiger partial charge is 0.294 e. The zero-order valence-corrected chi connectivity index (χ0v) is 8.67. The van der Waals surface area contributed by atoms with Crippen molar-refractivity contribution in [3.63, 3.8) is 0 Å². The van der Waals surface area contributed by atoms with E-state index < -0.39 is 11.2 Å². The molecule has 0 aliphatic heterocycles. The van der Waals surface area contributed by atoms with E-state index in [4.69, 9.17) is 5.26 Å². The minimum Gasteiger partial charge on any atom is -0.294 e. The summed E-state index contributed by atoms with van der Waals surface area (Å²) in [6, 6.07) is 1.69. The summed E-state index contributed by atoms with van der Waals surface area (Å²) in [5.74, 6) is 0. The van der Waals surface area contributed by atoms with E-state index in [1.807, 2.05) is 4.98 Å². The van der Waals surface area contributed by atoms with E-state index in [0.29, 0.717) is 4.48 Å². The highest BCUT2D eigenvalue weighted by Gasteiger charge is 2.03. The van der Waals surface area contributed by atoms with Crippen LogP contribution in [0.5, 0.6) is 0 Å². The van der Waals surface area contributed by atoms with E-state index in [1.165, 1.54) is 10.8 Å². The molecule has 1 aromatic rings. The average molecular weight is 256 g/mol. The van der Waals surface area contributed by atoms with Crippen LogP contribution in [0.1, 0.15) is 5.56 Å². The van der Waals surface area contributed by atoms with Gasteiger partial charge in [0.2, 0.25) is 0 Å². The first-order valence-corrected chi connectivity index (χ1v) is 4.41. The summed E-state index contributed by atoms with van der Waals surface area (Å²) in [6.45, 7) is 3.76. The van der Waals surface area contributed by atoms with Gasteiger partial charge in [-0.25, -0.2) is 4.79 Å². The zero-order valence-electron chi connectivity index (χ0n) is 7.08. The molecular weight excluding hydrogens is 250 g/mol. The Morgan fingerprint density at radius 2 is 2.36 bits per heavy atom. The number of nitrogens with one attached hydrogen (secondary N) is 1. The Hall–Kier alpha value is -1.61. The van der Waals surface area contributed by atoms with Crippen molar-refractivity contribution in [1.29, 1.82) is 5.26 Å². The Labute approximate surface area is 87.4 Å². The van der Waals surface area contributed by atoms with Gasteiger partial charge in [-0.2, -0.15) is 5.26 Å². The highest BCUT2D eigenvalue weighted by atomic mass is 79.9. The van der Waals surface area contributed by atoms with Crippen LogP contribution in [-0.2, 0) is 6.54 Å². The molecule has 5 nitrogen and oxygen atoms in total. The SMILES string of the molecule is C=C(Br)Cn1cc(C#N)c(=O)[nH]c1=O. The molecule has 1 N–H and O–H groups in total. The van der Waals surface area contributed by atoms with Gasteiger partial charge in [-0.15, -0.1) is 0 Å². The molecule has 0 saturated carbocycles. The number of H-pyrrole nitrogens is 1. The van der Waals surface area contributed by atoms with Crippen molar-refractivity contribution in [2.24, 2.45) is 0 Å². The molecule has 1 heterocycles. The summed E-state index contributed by atoms with van der Waals surface area (Å²) in [5, 5.41) is 8.55. The van der Waals surface area contributed by atoms with Crippen LogP contribution in [0.2, 0.25) is 0 Å². The maximum Gasteiger partial charge on any atom is 0.328 e. The molecule has 72 valence electrons. The lowest BCUT2D eigenvalue weighted by molar-refractivity contribution is 0.729. The fourth-order valence-corrected chi connectivity index (χ4v) is 1.16. The third-order valence-corrected chi connectivity index (χ3v) is 1.72. The second-order valence-corrected chi connectivity index (χ2v) is 3.68. The number of hydrogen-bond acceptors (Lipinski definition) is 3. The number of aromatic nitrogens is 2. The molecule has 0 spiro atoms. The Kier molecular flexibility index (Phi) is 3.04. The molecule has 0 amide bonds.